The molecule has 1 aliphatic rings. The van der Waals surface area contributed by atoms with E-state index in [0.717, 1.165) is 51.2 Å². The summed E-state index contributed by atoms with van der Waals surface area (Å²) in [5.74, 6) is 0. The molecule has 0 unspecified atom stereocenters. The maximum Gasteiger partial charge on any atom is 0.0503 e. The molecule has 10 aromatic carbocycles. The first kappa shape index (κ1) is 39.7. The predicted molar refractivity (Wildman–Crippen MR) is 276 cm³/mol. The highest BCUT2D eigenvalue weighted by Gasteiger charge is 2.37. The smallest absolute Gasteiger partial charge is 0.0503 e. The van der Waals surface area contributed by atoms with Gasteiger partial charge in [0.2, 0.25) is 0 Å². The molecule has 3 heteroatoms. The van der Waals surface area contributed by atoms with Gasteiger partial charge < -0.3 is 14.7 Å². The Labute approximate surface area is 382 Å². The Morgan fingerprint density at radius 3 is 1.28 bits per heavy atom. The standard InChI is InChI=1S/C62H49N3/c1-44-22-21-35-59-61(44)57-37-36-51(43-60(57)62(59,2)3)65(52-38-46-25-19-20-34-56(46)58(42-52)45-23-9-4-10-24-45)55-40-53(63(47-26-11-5-12-27-47)48-28-13-6-14-29-48)39-54(41-55)64(49-30-15-7-16-31-49)50-32-17-8-18-33-50/h4-43H,1-3H3. The average Bonchev–Trinajstić information content (AvgIpc) is 3.59. The Hall–Kier alpha value is -8.14. The van der Waals surface area contributed by atoms with Crippen molar-refractivity contribution >= 4 is 62.0 Å². The van der Waals surface area contributed by atoms with E-state index in [1.165, 1.54) is 49.7 Å². The van der Waals surface area contributed by atoms with Gasteiger partial charge in [0.25, 0.3) is 0 Å². The lowest BCUT2D eigenvalue weighted by Gasteiger charge is -2.33. The molecule has 0 aromatic heterocycles. The van der Waals surface area contributed by atoms with Crippen LogP contribution in [0.4, 0.5) is 51.2 Å². The van der Waals surface area contributed by atoms with Crippen LogP contribution < -0.4 is 14.7 Å². The van der Waals surface area contributed by atoms with Crippen molar-refractivity contribution in [2.24, 2.45) is 0 Å². The van der Waals surface area contributed by atoms with Gasteiger partial charge in [0.05, 0.1) is 17.1 Å². The number of rotatable bonds is 10. The first-order chi connectivity index (χ1) is 31.9. The van der Waals surface area contributed by atoms with E-state index in [2.05, 4.69) is 278 Å². The minimum absolute atomic E-state index is 0.196. The highest BCUT2D eigenvalue weighted by molar-refractivity contribution is 6.02. The second-order valence-corrected chi connectivity index (χ2v) is 17.5. The van der Waals surface area contributed by atoms with Crippen molar-refractivity contribution in [3.05, 3.63) is 259 Å². The lowest BCUT2D eigenvalue weighted by molar-refractivity contribution is 0.660. The topological polar surface area (TPSA) is 9.72 Å². The molecule has 0 N–H and O–H groups in total. The van der Waals surface area contributed by atoms with Crippen molar-refractivity contribution in [1.29, 1.82) is 0 Å². The summed E-state index contributed by atoms with van der Waals surface area (Å²) in [4.78, 5) is 7.24. The van der Waals surface area contributed by atoms with Crippen LogP contribution in [-0.4, -0.2) is 0 Å². The largest absolute Gasteiger partial charge is 0.310 e. The van der Waals surface area contributed by atoms with Crippen molar-refractivity contribution < 1.29 is 0 Å². The van der Waals surface area contributed by atoms with Crippen LogP contribution in [0.5, 0.6) is 0 Å². The molecule has 0 fully saturated rings. The number of hydrogen-bond acceptors (Lipinski definition) is 3. The molecule has 1 aliphatic carbocycles. The molecule has 0 radical (unpaired) electrons. The van der Waals surface area contributed by atoms with E-state index in [-0.39, 0.29) is 5.41 Å². The molecule has 0 spiro atoms. The molecule has 312 valence electrons. The molecule has 3 nitrogen and oxygen atoms in total. The quantitative estimate of drug-likeness (QED) is 0.136. The molecule has 0 atom stereocenters. The van der Waals surface area contributed by atoms with E-state index in [4.69, 9.17) is 0 Å². The zero-order valence-corrected chi connectivity index (χ0v) is 36.9. The minimum Gasteiger partial charge on any atom is -0.310 e. The number of para-hydroxylation sites is 4. The highest BCUT2D eigenvalue weighted by Crippen LogP contribution is 2.53. The van der Waals surface area contributed by atoms with E-state index in [0.29, 0.717) is 0 Å². The summed E-state index contributed by atoms with van der Waals surface area (Å²) in [6.45, 7) is 7.00. The Morgan fingerprint density at radius 1 is 0.308 bits per heavy atom. The van der Waals surface area contributed by atoms with Gasteiger partial charge in [-0.1, -0.05) is 166 Å². The first-order valence-electron chi connectivity index (χ1n) is 22.5. The van der Waals surface area contributed by atoms with Crippen LogP contribution in [0.25, 0.3) is 33.0 Å². The van der Waals surface area contributed by atoms with Crippen LogP contribution in [0.3, 0.4) is 0 Å². The van der Waals surface area contributed by atoms with Crippen LogP contribution in [0.2, 0.25) is 0 Å². The third-order valence-corrected chi connectivity index (χ3v) is 13.1. The molecule has 11 rings (SSSR count). The molecular formula is C62H49N3. The van der Waals surface area contributed by atoms with Crippen molar-refractivity contribution in [1.82, 2.24) is 0 Å². The predicted octanol–water partition coefficient (Wildman–Crippen LogP) is 17.5. The van der Waals surface area contributed by atoms with Gasteiger partial charge in [0.1, 0.15) is 0 Å². The van der Waals surface area contributed by atoms with Crippen LogP contribution in [0, 0.1) is 6.92 Å². The monoisotopic (exact) mass is 835 g/mol. The summed E-state index contributed by atoms with van der Waals surface area (Å²) in [7, 11) is 0. The van der Waals surface area contributed by atoms with E-state index < -0.39 is 0 Å². The summed E-state index contributed by atoms with van der Waals surface area (Å²) in [6.07, 6.45) is 0. The molecule has 0 saturated heterocycles. The lowest BCUT2D eigenvalue weighted by atomic mass is 9.82. The van der Waals surface area contributed by atoms with Gasteiger partial charge in [-0.15, -0.1) is 0 Å². The number of hydrogen-bond donors (Lipinski definition) is 0. The van der Waals surface area contributed by atoms with Gasteiger partial charge in [0.15, 0.2) is 0 Å². The van der Waals surface area contributed by atoms with Gasteiger partial charge in [-0.3, -0.25) is 0 Å². The molecule has 0 aliphatic heterocycles. The van der Waals surface area contributed by atoms with Gasteiger partial charge in [-0.05, 0) is 148 Å². The van der Waals surface area contributed by atoms with Crippen LogP contribution in [0.1, 0.15) is 30.5 Å². The molecule has 0 amide bonds. The van der Waals surface area contributed by atoms with E-state index in [9.17, 15) is 0 Å². The summed E-state index contributed by atoms with van der Waals surface area (Å²) >= 11 is 0. The Balaban J connectivity index is 1.23. The molecule has 10 aromatic rings. The van der Waals surface area contributed by atoms with Gasteiger partial charge >= 0.3 is 0 Å². The second kappa shape index (κ2) is 16.5. The van der Waals surface area contributed by atoms with Crippen LogP contribution in [0.15, 0.2) is 243 Å². The normalized spacial score (nSPS) is 12.4. The van der Waals surface area contributed by atoms with E-state index in [1.54, 1.807) is 0 Å². The van der Waals surface area contributed by atoms with Crippen LogP contribution in [-0.2, 0) is 5.41 Å². The summed E-state index contributed by atoms with van der Waals surface area (Å²) in [5, 5.41) is 2.40. The highest BCUT2D eigenvalue weighted by atomic mass is 15.2. The molecule has 0 heterocycles. The Bertz CT molecular complexity index is 3110. The third-order valence-electron chi connectivity index (χ3n) is 13.1. The minimum atomic E-state index is -0.196. The molecule has 0 bridgehead atoms. The Morgan fingerprint density at radius 2 is 0.754 bits per heavy atom. The molecular weight excluding hydrogens is 787 g/mol. The van der Waals surface area contributed by atoms with Crippen molar-refractivity contribution in [3.63, 3.8) is 0 Å². The zero-order valence-electron chi connectivity index (χ0n) is 36.9. The lowest BCUT2D eigenvalue weighted by Crippen LogP contribution is -2.18. The second-order valence-electron chi connectivity index (χ2n) is 17.5. The number of nitrogens with zero attached hydrogens (tertiary/aromatic N) is 3. The number of fused-ring (bicyclic) bond motifs is 4. The van der Waals surface area contributed by atoms with Gasteiger partial charge in [-0.25, -0.2) is 0 Å². The average molecular weight is 836 g/mol. The first-order valence-corrected chi connectivity index (χ1v) is 22.5. The van der Waals surface area contributed by atoms with E-state index >= 15 is 0 Å². The summed E-state index contributed by atoms with van der Waals surface area (Å²) < 4.78 is 0. The van der Waals surface area contributed by atoms with Crippen LogP contribution >= 0.6 is 0 Å². The van der Waals surface area contributed by atoms with Crippen molar-refractivity contribution in [3.8, 4) is 22.3 Å². The zero-order chi connectivity index (χ0) is 43.9. The number of aryl methyl sites for hydroxylation is 1. The van der Waals surface area contributed by atoms with Crippen molar-refractivity contribution in [2.45, 2.75) is 26.2 Å². The maximum absolute atomic E-state index is 2.49. The van der Waals surface area contributed by atoms with Crippen molar-refractivity contribution in [2.75, 3.05) is 14.7 Å². The fourth-order valence-electron chi connectivity index (χ4n) is 9.99. The van der Waals surface area contributed by atoms with Gasteiger partial charge in [-0.2, -0.15) is 0 Å². The van der Waals surface area contributed by atoms with Gasteiger partial charge in [0, 0.05) is 39.5 Å². The third kappa shape index (κ3) is 7.22. The van der Waals surface area contributed by atoms with E-state index in [1.807, 2.05) is 0 Å². The maximum atomic E-state index is 2.49. The molecule has 65 heavy (non-hydrogen) atoms. The summed E-state index contributed by atoms with van der Waals surface area (Å²) in [5.41, 5.74) is 18.4. The number of anilines is 9. The fraction of sp³-hybridized carbons (Fsp3) is 0.0645. The Kier molecular flexibility index (Phi) is 10.1. The number of benzene rings is 10. The molecule has 0 saturated carbocycles. The summed E-state index contributed by atoms with van der Waals surface area (Å²) in [6, 6.07) is 88.2. The SMILES string of the molecule is Cc1cccc2c1-c1ccc(N(c3cc(N(c4ccccc4)c4ccccc4)cc(N(c4ccccc4)c4ccccc4)c3)c3cc(-c4ccccc4)c4ccccc4c3)cc1C2(C)C. The fourth-order valence-corrected chi connectivity index (χ4v) is 9.99.